The van der Waals surface area contributed by atoms with E-state index < -0.39 is 25.7 Å². The van der Waals surface area contributed by atoms with Crippen molar-refractivity contribution in [1.82, 2.24) is 0 Å². The molecule has 2 saturated carbocycles. The molecule has 3 rings (SSSR count). The third kappa shape index (κ3) is 1.56. The van der Waals surface area contributed by atoms with Crippen molar-refractivity contribution in [3.05, 3.63) is 41.5 Å². The molecule has 2 aliphatic rings. The van der Waals surface area contributed by atoms with Gasteiger partial charge in [0.2, 0.25) is 0 Å². The number of carbonyl (C=O) groups excluding carboxylic acids is 1. The molecule has 1 aromatic rings. The van der Waals surface area contributed by atoms with E-state index in [2.05, 4.69) is 0 Å². The smallest absolute Gasteiger partial charge is 0.275 e. The fraction of sp³-hybridized carbons (Fsp3) is 0.471. The van der Waals surface area contributed by atoms with Crippen molar-refractivity contribution in [1.29, 1.82) is 0 Å². The first-order valence-electron chi connectivity index (χ1n) is 7.37. The summed E-state index contributed by atoms with van der Waals surface area (Å²) in [6.45, 7) is 5.36. The van der Waals surface area contributed by atoms with Crippen LogP contribution in [0.1, 0.15) is 39.2 Å². The van der Waals surface area contributed by atoms with Gasteiger partial charge in [-0.25, -0.2) is 0 Å². The van der Waals surface area contributed by atoms with Crippen molar-refractivity contribution in [2.75, 3.05) is 0 Å². The molecule has 0 aromatic heterocycles. The lowest BCUT2D eigenvalue weighted by Gasteiger charge is -2.37. The number of ketones is 1. The highest BCUT2D eigenvalue weighted by atomic mass is 32.2. The van der Waals surface area contributed by atoms with Gasteiger partial charge in [0.05, 0.1) is 0 Å². The van der Waals surface area contributed by atoms with E-state index in [0.717, 1.165) is 5.56 Å². The first-order chi connectivity index (χ1) is 10.1. The molecule has 2 bridgehead atoms. The second-order valence-corrected chi connectivity index (χ2v) is 8.70. The summed E-state index contributed by atoms with van der Waals surface area (Å²) in [5.74, 6) is -0.162. The van der Waals surface area contributed by atoms with E-state index in [9.17, 15) is 17.8 Å². The molecule has 0 amide bonds. The molecule has 2 aliphatic carbocycles. The Morgan fingerprint density at radius 3 is 2.23 bits per heavy atom. The third-order valence-electron chi connectivity index (χ3n) is 6.10. The molecule has 4 nitrogen and oxygen atoms in total. The van der Waals surface area contributed by atoms with Gasteiger partial charge in [-0.05, 0) is 24.5 Å². The number of hydrogen-bond acceptors (Lipinski definition) is 3. The zero-order valence-corrected chi connectivity index (χ0v) is 13.8. The lowest BCUT2D eigenvalue weighted by Crippen LogP contribution is -2.47. The van der Waals surface area contributed by atoms with Gasteiger partial charge in [-0.15, -0.1) is 0 Å². The molecule has 118 valence electrons. The van der Waals surface area contributed by atoms with Crippen LogP contribution in [0, 0.1) is 10.8 Å². The van der Waals surface area contributed by atoms with E-state index >= 15 is 0 Å². The quantitative estimate of drug-likeness (QED) is 0.671. The topological polar surface area (TPSA) is 71.4 Å². The maximum atomic E-state index is 12.9. The summed E-state index contributed by atoms with van der Waals surface area (Å²) in [7, 11) is -4.41. The average Bonchev–Trinajstić information content (AvgIpc) is 2.71. The highest BCUT2D eigenvalue weighted by molar-refractivity contribution is 7.87. The predicted octanol–water partition coefficient (Wildman–Crippen LogP) is 3.11. The summed E-state index contributed by atoms with van der Waals surface area (Å²) in [5.41, 5.74) is -0.616. The normalized spacial score (nSPS) is 35.3. The van der Waals surface area contributed by atoms with Crippen molar-refractivity contribution in [2.24, 2.45) is 10.8 Å². The Labute approximate surface area is 131 Å². The predicted molar refractivity (Wildman–Crippen MR) is 84.8 cm³/mol. The Morgan fingerprint density at radius 2 is 1.68 bits per heavy atom. The van der Waals surface area contributed by atoms with Crippen molar-refractivity contribution >= 4 is 22.0 Å². The molecule has 2 unspecified atom stereocenters. The summed E-state index contributed by atoms with van der Waals surface area (Å²) in [6.07, 6.45) is 2.38. The minimum absolute atomic E-state index is 0.162. The van der Waals surface area contributed by atoms with Crippen LogP contribution < -0.4 is 0 Å². The number of carbonyl (C=O) groups is 1. The standard InChI is InChI=1S/C17H20O4S/c1-15(2)16(3)9-10-17(15,22(19,20)21)13(14(16)18)11-12-7-5-4-6-8-12/h4-8,11H,9-10H2,1-3H3,(H,19,20,21). The maximum Gasteiger partial charge on any atom is 0.275 e. The number of Topliss-reactive ketones (excluding diaryl/α,β-unsaturated/α-hetero) is 1. The van der Waals surface area contributed by atoms with Crippen LogP contribution in [0.5, 0.6) is 0 Å². The van der Waals surface area contributed by atoms with E-state index in [0.29, 0.717) is 6.42 Å². The van der Waals surface area contributed by atoms with E-state index in [-0.39, 0.29) is 17.8 Å². The Kier molecular flexibility index (Phi) is 3.01. The first kappa shape index (κ1) is 15.4. The van der Waals surface area contributed by atoms with Gasteiger partial charge in [-0.1, -0.05) is 51.1 Å². The second-order valence-electron chi connectivity index (χ2n) is 7.06. The SMILES string of the molecule is CC12CCC(S(=O)(=O)O)(C(=Cc3ccccc3)C1=O)C2(C)C. The molecule has 0 heterocycles. The molecule has 0 radical (unpaired) electrons. The lowest BCUT2D eigenvalue weighted by atomic mass is 9.70. The summed E-state index contributed by atoms with van der Waals surface area (Å²) in [4.78, 5) is 12.9. The van der Waals surface area contributed by atoms with Crippen molar-refractivity contribution in [3.8, 4) is 0 Å². The van der Waals surface area contributed by atoms with E-state index in [4.69, 9.17) is 0 Å². The third-order valence-corrected chi connectivity index (χ3v) is 7.91. The largest absolute Gasteiger partial charge is 0.294 e. The van der Waals surface area contributed by atoms with Gasteiger partial charge in [0.25, 0.3) is 10.1 Å². The highest BCUT2D eigenvalue weighted by Crippen LogP contribution is 2.70. The minimum atomic E-state index is -4.41. The molecule has 0 spiro atoms. The molecular weight excluding hydrogens is 300 g/mol. The molecule has 0 aliphatic heterocycles. The molecule has 0 saturated heterocycles. The van der Waals surface area contributed by atoms with E-state index in [1.54, 1.807) is 19.9 Å². The Bertz CT molecular complexity index is 776. The lowest BCUT2D eigenvalue weighted by molar-refractivity contribution is -0.125. The molecule has 2 fully saturated rings. The molecule has 1 aromatic carbocycles. The highest BCUT2D eigenvalue weighted by Gasteiger charge is 2.77. The van der Waals surface area contributed by atoms with Crippen LogP contribution in [0.2, 0.25) is 0 Å². The number of hydrogen-bond donors (Lipinski definition) is 1. The van der Waals surface area contributed by atoms with Gasteiger partial charge in [-0.2, -0.15) is 8.42 Å². The summed E-state index contributed by atoms with van der Waals surface area (Å²) < 4.78 is 33.0. The van der Waals surface area contributed by atoms with Gasteiger partial charge < -0.3 is 0 Å². The van der Waals surface area contributed by atoms with E-state index in [1.165, 1.54) is 0 Å². The first-order valence-corrected chi connectivity index (χ1v) is 8.81. The average molecular weight is 320 g/mol. The van der Waals surface area contributed by atoms with Gasteiger partial charge >= 0.3 is 0 Å². The zero-order valence-electron chi connectivity index (χ0n) is 13.0. The van der Waals surface area contributed by atoms with E-state index in [1.807, 2.05) is 37.3 Å². The minimum Gasteiger partial charge on any atom is -0.294 e. The molecule has 22 heavy (non-hydrogen) atoms. The Hall–Kier alpha value is -1.46. The van der Waals surface area contributed by atoms with Crippen LogP contribution in [-0.2, 0) is 14.9 Å². The molecule has 2 atom stereocenters. The van der Waals surface area contributed by atoms with Gasteiger partial charge in [-0.3, -0.25) is 9.35 Å². The Balaban J connectivity index is 2.32. The van der Waals surface area contributed by atoms with Crippen molar-refractivity contribution in [2.45, 2.75) is 38.4 Å². The molecular formula is C17H20O4S. The summed E-state index contributed by atoms with van der Waals surface area (Å²) >= 11 is 0. The van der Waals surface area contributed by atoms with Crippen LogP contribution in [0.3, 0.4) is 0 Å². The van der Waals surface area contributed by atoms with Crippen LogP contribution in [-0.4, -0.2) is 23.5 Å². The fourth-order valence-electron chi connectivity index (χ4n) is 4.33. The second kappa shape index (κ2) is 4.30. The van der Waals surface area contributed by atoms with Gasteiger partial charge in [0, 0.05) is 16.4 Å². The van der Waals surface area contributed by atoms with Crippen molar-refractivity contribution < 1.29 is 17.8 Å². The van der Waals surface area contributed by atoms with Crippen LogP contribution >= 0.6 is 0 Å². The zero-order chi connectivity index (χ0) is 16.4. The molecule has 1 N–H and O–H groups in total. The number of fused-ring (bicyclic) bond motifs is 2. The summed E-state index contributed by atoms with van der Waals surface area (Å²) in [5, 5.41) is 0. The monoisotopic (exact) mass is 320 g/mol. The summed E-state index contributed by atoms with van der Waals surface area (Å²) in [6, 6.07) is 9.15. The fourth-order valence-corrected chi connectivity index (χ4v) is 5.99. The van der Waals surface area contributed by atoms with Crippen LogP contribution in [0.4, 0.5) is 0 Å². The van der Waals surface area contributed by atoms with Crippen LogP contribution in [0.15, 0.2) is 35.9 Å². The Morgan fingerprint density at radius 1 is 1.09 bits per heavy atom. The number of benzene rings is 1. The van der Waals surface area contributed by atoms with Crippen LogP contribution in [0.25, 0.3) is 6.08 Å². The number of rotatable bonds is 2. The van der Waals surface area contributed by atoms with Crippen molar-refractivity contribution in [3.63, 3.8) is 0 Å². The van der Waals surface area contributed by atoms with Gasteiger partial charge in [0.1, 0.15) is 4.75 Å². The molecule has 5 heteroatoms. The van der Waals surface area contributed by atoms with Gasteiger partial charge in [0.15, 0.2) is 5.78 Å². The maximum absolute atomic E-state index is 12.9.